The molecule has 1 rings (SSSR count). The molecule has 0 aliphatic carbocycles. The molecule has 7 heteroatoms. The molecular weight excluding hydrogens is 301 g/mol. The van der Waals surface area contributed by atoms with Crippen molar-refractivity contribution in [2.45, 2.75) is 6.42 Å². The highest BCUT2D eigenvalue weighted by Gasteiger charge is 2.02. The summed E-state index contributed by atoms with van der Waals surface area (Å²) in [5, 5.41) is 2.77. The minimum absolute atomic E-state index is 0. The van der Waals surface area contributed by atoms with Crippen LogP contribution in [0.25, 0.3) is 0 Å². The van der Waals surface area contributed by atoms with Gasteiger partial charge in [0.2, 0.25) is 5.91 Å². The summed E-state index contributed by atoms with van der Waals surface area (Å²) in [5.41, 5.74) is 6.05. The van der Waals surface area contributed by atoms with Crippen LogP contribution in [0.15, 0.2) is 24.3 Å². The molecule has 1 amide bonds. The Kier molecular flexibility index (Phi) is 12.5. The third kappa shape index (κ3) is 8.98. The number of benzene rings is 1. The average molecular weight is 324 g/mol. The van der Waals surface area contributed by atoms with Crippen molar-refractivity contribution < 1.29 is 9.53 Å². The first-order valence-electron chi connectivity index (χ1n) is 5.99. The Labute approximate surface area is 132 Å². The summed E-state index contributed by atoms with van der Waals surface area (Å²) >= 11 is 0. The zero-order valence-corrected chi connectivity index (χ0v) is 13.4. The van der Waals surface area contributed by atoms with E-state index in [2.05, 4.69) is 5.32 Å². The van der Waals surface area contributed by atoms with E-state index in [-0.39, 0.29) is 30.7 Å². The molecule has 0 aliphatic heterocycles. The molecule has 0 unspecified atom stereocenters. The molecule has 116 valence electrons. The second-order valence-corrected chi connectivity index (χ2v) is 4.27. The first-order chi connectivity index (χ1) is 8.61. The Morgan fingerprint density at radius 2 is 2.05 bits per heavy atom. The number of ether oxygens (including phenoxy) is 1. The second-order valence-electron chi connectivity index (χ2n) is 4.27. The molecular formula is C13H23Cl2N3O2. The van der Waals surface area contributed by atoms with Gasteiger partial charge in [0.05, 0.1) is 0 Å². The number of nitrogens with two attached hydrogens (primary N) is 1. The number of halogens is 2. The van der Waals surface area contributed by atoms with Crippen molar-refractivity contribution in [1.82, 2.24) is 4.90 Å². The van der Waals surface area contributed by atoms with Crippen LogP contribution < -0.4 is 15.8 Å². The Morgan fingerprint density at radius 1 is 1.35 bits per heavy atom. The number of likely N-dealkylation sites (N-methyl/N-ethyl adjacent to an activating group) is 1. The first kappa shape index (κ1) is 21.3. The van der Waals surface area contributed by atoms with E-state index in [9.17, 15) is 4.79 Å². The number of hydrogen-bond acceptors (Lipinski definition) is 4. The fourth-order valence-electron chi connectivity index (χ4n) is 1.36. The van der Waals surface area contributed by atoms with Crippen LogP contribution in [0.4, 0.5) is 5.69 Å². The Morgan fingerprint density at radius 3 is 2.65 bits per heavy atom. The highest BCUT2D eigenvalue weighted by Crippen LogP contribution is 2.17. The van der Waals surface area contributed by atoms with Gasteiger partial charge in [-0.05, 0) is 26.2 Å². The van der Waals surface area contributed by atoms with Gasteiger partial charge in [-0.1, -0.05) is 6.07 Å². The van der Waals surface area contributed by atoms with Crippen molar-refractivity contribution in [1.29, 1.82) is 0 Å². The maximum absolute atomic E-state index is 11.4. The quantitative estimate of drug-likeness (QED) is 0.802. The monoisotopic (exact) mass is 323 g/mol. The zero-order chi connectivity index (χ0) is 13.4. The molecule has 0 saturated carbocycles. The van der Waals surface area contributed by atoms with E-state index < -0.39 is 0 Å². The van der Waals surface area contributed by atoms with Crippen LogP contribution in [0.5, 0.6) is 5.75 Å². The van der Waals surface area contributed by atoms with Crippen molar-refractivity contribution in [3.8, 4) is 5.75 Å². The smallest absolute Gasteiger partial charge is 0.225 e. The molecule has 0 spiro atoms. The molecule has 3 N–H and O–H groups in total. The highest BCUT2D eigenvalue weighted by atomic mass is 35.5. The van der Waals surface area contributed by atoms with Crippen LogP contribution in [0.1, 0.15) is 6.42 Å². The molecule has 20 heavy (non-hydrogen) atoms. The molecule has 0 radical (unpaired) electrons. The molecule has 0 aromatic heterocycles. The van der Waals surface area contributed by atoms with Crippen molar-refractivity contribution in [3.63, 3.8) is 0 Å². The fraction of sp³-hybridized carbons (Fsp3) is 0.462. The summed E-state index contributed by atoms with van der Waals surface area (Å²) < 4.78 is 5.58. The predicted molar refractivity (Wildman–Crippen MR) is 87.3 cm³/mol. The Bertz CT molecular complexity index is 390. The summed E-state index contributed by atoms with van der Waals surface area (Å²) in [7, 11) is 3.99. The van der Waals surface area contributed by atoms with E-state index >= 15 is 0 Å². The zero-order valence-electron chi connectivity index (χ0n) is 11.8. The maximum atomic E-state index is 11.4. The predicted octanol–water partition coefficient (Wildman–Crippen LogP) is 1.76. The minimum atomic E-state index is -0.0806. The lowest BCUT2D eigenvalue weighted by Crippen LogP contribution is -2.19. The molecule has 0 fully saturated rings. The number of carbonyl (C=O) groups excluding carboxylic acids is 1. The van der Waals surface area contributed by atoms with Gasteiger partial charge in [0.15, 0.2) is 0 Å². The fourth-order valence-corrected chi connectivity index (χ4v) is 1.36. The Hall–Kier alpha value is -1.01. The first-order valence-corrected chi connectivity index (χ1v) is 5.99. The second kappa shape index (κ2) is 11.8. The number of nitrogens with one attached hydrogen (secondary N) is 1. The van der Waals surface area contributed by atoms with Gasteiger partial charge >= 0.3 is 0 Å². The van der Waals surface area contributed by atoms with Gasteiger partial charge in [-0.25, -0.2) is 0 Å². The van der Waals surface area contributed by atoms with Crippen LogP contribution in [0.3, 0.4) is 0 Å². The van der Waals surface area contributed by atoms with Crippen LogP contribution in [0, 0.1) is 0 Å². The summed E-state index contributed by atoms with van der Waals surface area (Å²) in [4.78, 5) is 13.4. The van der Waals surface area contributed by atoms with E-state index in [0.717, 1.165) is 18.0 Å². The number of nitrogens with zero attached hydrogens (tertiary/aromatic N) is 1. The van der Waals surface area contributed by atoms with E-state index in [1.54, 1.807) is 0 Å². The van der Waals surface area contributed by atoms with E-state index in [1.807, 2.05) is 43.3 Å². The lowest BCUT2D eigenvalue weighted by molar-refractivity contribution is -0.116. The standard InChI is InChI=1S/C13H21N3O2.2ClH/c1-16(2)8-9-18-12-5-3-4-11(10-12)15-13(17)6-7-14;;/h3-5,10H,6-9,14H2,1-2H3,(H,15,17);2*1H. The number of rotatable bonds is 7. The van der Waals surface area contributed by atoms with Gasteiger partial charge in [-0.15, -0.1) is 24.8 Å². The summed E-state index contributed by atoms with van der Waals surface area (Å²) in [6.45, 7) is 1.82. The third-order valence-electron chi connectivity index (χ3n) is 2.30. The lowest BCUT2D eigenvalue weighted by Gasteiger charge is -2.12. The van der Waals surface area contributed by atoms with Crippen LogP contribution in [0.2, 0.25) is 0 Å². The van der Waals surface area contributed by atoms with Crippen molar-refractivity contribution in [3.05, 3.63) is 24.3 Å². The molecule has 0 heterocycles. The molecule has 5 nitrogen and oxygen atoms in total. The van der Waals surface area contributed by atoms with E-state index in [0.29, 0.717) is 19.6 Å². The summed E-state index contributed by atoms with van der Waals surface area (Å²) in [6.07, 6.45) is 0.325. The summed E-state index contributed by atoms with van der Waals surface area (Å²) in [6, 6.07) is 7.36. The minimum Gasteiger partial charge on any atom is -0.492 e. The van der Waals surface area contributed by atoms with Crippen LogP contribution >= 0.6 is 24.8 Å². The molecule has 0 aliphatic rings. The normalized spacial score (nSPS) is 9.40. The topological polar surface area (TPSA) is 67.6 Å². The largest absolute Gasteiger partial charge is 0.492 e. The molecule has 0 bridgehead atoms. The molecule has 0 saturated heterocycles. The van der Waals surface area contributed by atoms with Gasteiger partial charge in [0.1, 0.15) is 12.4 Å². The van der Waals surface area contributed by atoms with Crippen LogP contribution in [-0.2, 0) is 4.79 Å². The maximum Gasteiger partial charge on any atom is 0.225 e. The van der Waals surface area contributed by atoms with Gasteiger partial charge in [0, 0.05) is 31.3 Å². The van der Waals surface area contributed by atoms with E-state index in [4.69, 9.17) is 10.5 Å². The van der Waals surface area contributed by atoms with Crippen molar-refractivity contribution in [2.75, 3.05) is 39.1 Å². The highest BCUT2D eigenvalue weighted by molar-refractivity contribution is 5.90. The number of anilines is 1. The molecule has 1 aromatic carbocycles. The molecule has 1 aromatic rings. The van der Waals surface area contributed by atoms with E-state index in [1.165, 1.54) is 0 Å². The van der Waals surface area contributed by atoms with Crippen LogP contribution in [-0.4, -0.2) is 44.6 Å². The van der Waals surface area contributed by atoms with Crippen molar-refractivity contribution >= 4 is 36.4 Å². The van der Waals surface area contributed by atoms with Gasteiger partial charge < -0.3 is 20.7 Å². The third-order valence-corrected chi connectivity index (χ3v) is 2.30. The number of carbonyl (C=O) groups is 1. The number of amides is 1. The average Bonchev–Trinajstić information content (AvgIpc) is 2.29. The Balaban J connectivity index is 0. The van der Waals surface area contributed by atoms with Gasteiger partial charge in [0.25, 0.3) is 0 Å². The van der Waals surface area contributed by atoms with Crippen molar-refractivity contribution in [2.24, 2.45) is 5.73 Å². The SMILES string of the molecule is CN(C)CCOc1cccc(NC(=O)CCN)c1.Cl.Cl. The van der Waals surface area contributed by atoms with Gasteiger partial charge in [-0.3, -0.25) is 4.79 Å². The summed E-state index contributed by atoms with van der Waals surface area (Å²) in [5.74, 6) is 0.672. The lowest BCUT2D eigenvalue weighted by atomic mass is 10.3. The van der Waals surface area contributed by atoms with Gasteiger partial charge in [-0.2, -0.15) is 0 Å². The number of hydrogen-bond donors (Lipinski definition) is 2. The molecule has 0 atom stereocenters.